The van der Waals surface area contributed by atoms with Crippen molar-refractivity contribution >= 4 is 52.5 Å². The summed E-state index contributed by atoms with van der Waals surface area (Å²) in [7, 11) is 0. The Kier molecular flexibility index (Phi) is 4.06. The van der Waals surface area contributed by atoms with Gasteiger partial charge in [-0.15, -0.1) is 0 Å². The first-order chi connectivity index (χ1) is 6.43. The molecule has 8 heteroatoms. The summed E-state index contributed by atoms with van der Waals surface area (Å²) in [6.07, 6.45) is 0. The molecule has 1 heterocycles. The number of thioether (sulfide) groups is 1. The number of nitrogens with two attached hydrogens (primary N) is 1. The van der Waals surface area contributed by atoms with Gasteiger partial charge in [-0.1, -0.05) is 53.5 Å². The minimum Gasteiger partial charge on any atom is -0.368 e. The third-order valence-electron chi connectivity index (χ3n) is 1.16. The van der Waals surface area contributed by atoms with E-state index in [2.05, 4.69) is 15.0 Å². The van der Waals surface area contributed by atoms with E-state index in [4.69, 9.17) is 40.5 Å². The highest BCUT2D eigenvalue weighted by Gasteiger charge is 2.27. The Morgan fingerprint density at radius 1 is 1.29 bits per heavy atom. The van der Waals surface area contributed by atoms with Crippen LogP contribution >= 0.6 is 46.6 Å². The molecule has 0 radical (unpaired) electrons. The minimum atomic E-state index is -1.67. The molecule has 0 fully saturated rings. The number of anilines is 1. The Morgan fingerprint density at radius 2 is 1.93 bits per heavy atom. The van der Waals surface area contributed by atoms with Gasteiger partial charge >= 0.3 is 0 Å². The predicted molar refractivity (Wildman–Crippen MR) is 59.9 cm³/mol. The van der Waals surface area contributed by atoms with Crippen molar-refractivity contribution in [1.82, 2.24) is 15.0 Å². The smallest absolute Gasteiger partial charge is 0.250 e. The van der Waals surface area contributed by atoms with Gasteiger partial charge in [0.05, 0.1) is 0 Å². The molecule has 0 unspecified atom stereocenters. The van der Waals surface area contributed by atoms with Crippen LogP contribution in [0, 0.1) is 0 Å². The fraction of sp³-hybridized carbons (Fsp3) is 0.500. The van der Waals surface area contributed by atoms with Crippen LogP contribution in [-0.4, -0.2) is 20.7 Å². The Labute approximate surface area is 101 Å². The lowest BCUT2D eigenvalue weighted by Crippen LogP contribution is -2.11. The van der Waals surface area contributed by atoms with Gasteiger partial charge in [-0.3, -0.25) is 0 Å². The summed E-state index contributed by atoms with van der Waals surface area (Å²) in [6.45, 7) is 1.96. The highest BCUT2D eigenvalue weighted by molar-refractivity contribution is 7.99. The maximum Gasteiger partial charge on any atom is 0.250 e. The van der Waals surface area contributed by atoms with Crippen molar-refractivity contribution in [2.45, 2.75) is 15.9 Å². The number of alkyl halides is 3. The van der Waals surface area contributed by atoms with Crippen LogP contribution in [0.15, 0.2) is 5.16 Å². The first kappa shape index (κ1) is 12.1. The molecular weight excluding hydrogens is 267 g/mol. The Hall–Kier alpha value is 0.0300. The number of aromatic nitrogens is 3. The summed E-state index contributed by atoms with van der Waals surface area (Å²) in [6, 6.07) is 0. The molecule has 0 aliphatic heterocycles. The topological polar surface area (TPSA) is 64.7 Å². The summed E-state index contributed by atoms with van der Waals surface area (Å²) in [5, 5.41) is 0.460. The van der Waals surface area contributed by atoms with Crippen molar-refractivity contribution in [3.05, 3.63) is 5.82 Å². The standard InChI is InChI=1S/C6H7Cl3N4S/c1-2-14-5-12-3(6(7,8)9)11-4(10)13-5/h2H2,1H3,(H2,10,11,12,13). The third-order valence-corrected chi connectivity index (χ3v) is 2.40. The molecule has 4 nitrogen and oxygen atoms in total. The lowest BCUT2D eigenvalue weighted by atomic mass is 10.7. The lowest BCUT2D eigenvalue weighted by molar-refractivity contribution is 0.836. The van der Waals surface area contributed by atoms with Crippen molar-refractivity contribution in [2.24, 2.45) is 0 Å². The molecule has 1 aromatic rings. The first-order valence-corrected chi connectivity index (χ1v) is 5.77. The van der Waals surface area contributed by atoms with E-state index in [1.165, 1.54) is 11.8 Å². The van der Waals surface area contributed by atoms with E-state index >= 15 is 0 Å². The van der Waals surface area contributed by atoms with E-state index in [1.807, 2.05) is 6.92 Å². The number of halogens is 3. The van der Waals surface area contributed by atoms with E-state index < -0.39 is 3.79 Å². The molecule has 14 heavy (non-hydrogen) atoms. The Bertz CT molecular complexity index is 327. The second-order valence-electron chi connectivity index (χ2n) is 2.23. The zero-order chi connectivity index (χ0) is 10.8. The summed E-state index contributed by atoms with van der Waals surface area (Å²) >= 11 is 18.2. The third kappa shape index (κ3) is 3.31. The average Bonchev–Trinajstić information content (AvgIpc) is 2.02. The van der Waals surface area contributed by atoms with Gasteiger partial charge < -0.3 is 5.73 Å². The Morgan fingerprint density at radius 3 is 2.43 bits per heavy atom. The van der Waals surface area contributed by atoms with Crippen LogP contribution in [0.4, 0.5) is 5.95 Å². The molecule has 0 atom stereocenters. The molecular formula is C6H7Cl3N4S. The van der Waals surface area contributed by atoms with Crippen LogP contribution in [0.1, 0.15) is 12.7 Å². The molecule has 0 spiro atoms. The molecule has 0 saturated carbocycles. The molecule has 0 saturated heterocycles. The van der Waals surface area contributed by atoms with Crippen molar-refractivity contribution in [2.75, 3.05) is 11.5 Å². The molecule has 1 aromatic heterocycles. The van der Waals surface area contributed by atoms with Crippen LogP contribution in [-0.2, 0) is 3.79 Å². The monoisotopic (exact) mass is 272 g/mol. The highest BCUT2D eigenvalue weighted by atomic mass is 35.6. The maximum atomic E-state index is 5.62. The number of rotatable bonds is 2. The Balaban J connectivity index is 3.07. The van der Waals surface area contributed by atoms with Crippen LogP contribution in [0.5, 0.6) is 0 Å². The van der Waals surface area contributed by atoms with Crippen molar-refractivity contribution in [3.63, 3.8) is 0 Å². The quantitative estimate of drug-likeness (QED) is 0.662. The minimum absolute atomic E-state index is 0.0472. The van der Waals surface area contributed by atoms with E-state index in [1.54, 1.807) is 0 Å². The second kappa shape index (κ2) is 4.70. The van der Waals surface area contributed by atoms with Gasteiger partial charge in [-0.05, 0) is 5.75 Å². The number of nitrogens with zero attached hydrogens (tertiary/aromatic N) is 3. The summed E-state index contributed by atoms with van der Waals surface area (Å²) in [5.74, 6) is 0.908. The van der Waals surface area contributed by atoms with Gasteiger partial charge in [-0.25, -0.2) is 4.98 Å². The molecule has 0 bridgehead atoms. The van der Waals surface area contributed by atoms with Crippen LogP contribution in [0.3, 0.4) is 0 Å². The zero-order valence-electron chi connectivity index (χ0n) is 7.17. The van der Waals surface area contributed by atoms with Crippen LogP contribution in [0.2, 0.25) is 0 Å². The molecule has 2 N–H and O–H groups in total. The molecule has 1 rings (SSSR count). The van der Waals surface area contributed by atoms with Gasteiger partial charge in [0.25, 0.3) is 0 Å². The van der Waals surface area contributed by atoms with Gasteiger partial charge in [0, 0.05) is 0 Å². The van der Waals surface area contributed by atoms with Crippen molar-refractivity contribution < 1.29 is 0 Å². The second-order valence-corrected chi connectivity index (χ2v) is 5.74. The molecule has 0 aromatic carbocycles. The largest absolute Gasteiger partial charge is 0.368 e. The summed E-state index contributed by atoms with van der Waals surface area (Å²) in [4.78, 5) is 11.6. The van der Waals surface area contributed by atoms with Gasteiger partial charge in [-0.2, -0.15) is 9.97 Å². The predicted octanol–water partition coefficient (Wildman–Crippen LogP) is 2.39. The number of hydrogen-bond donors (Lipinski definition) is 1. The average molecular weight is 274 g/mol. The van der Waals surface area contributed by atoms with Gasteiger partial charge in [0.1, 0.15) is 0 Å². The SMILES string of the molecule is CCSc1nc(N)nc(C(Cl)(Cl)Cl)n1. The van der Waals surface area contributed by atoms with E-state index in [-0.39, 0.29) is 11.8 Å². The van der Waals surface area contributed by atoms with E-state index in [9.17, 15) is 0 Å². The molecule has 0 aliphatic rings. The fourth-order valence-corrected chi connectivity index (χ4v) is 1.51. The van der Waals surface area contributed by atoms with E-state index in [0.717, 1.165) is 5.75 Å². The van der Waals surface area contributed by atoms with Crippen LogP contribution < -0.4 is 5.73 Å². The molecule has 0 amide bonds. The molecule has 0 aliphatic carbocycles. The highest BCUT2D eigenvalue weighted by Crippen LogP contribution is 2.36. The maximum absolute atomic E-state index is 5.62. The summed E-state index contributed by atoms with van der Waals surface area (Å²) in [5.41, 5.74) is 5.43. The molecule has 78 valence electrons. The van der Waals surface area contributed by atoms with E-state index in [0.29, 0.717) is 5.16 Å². The van der Waals surface area contributed by atoms with Gasteiger partial charge in [0.15, 0.2) is 11.0 Å². The van der Waals surface area contributed by atoms with Gasteiger partial charge in [0.2, 0.25) is 9.74 Å². The van der Waals surface area contributed by atoms with Crippen molar-refractivity contribution in [3.8, 4) is 0 Å². The zero-order valence-corrected chi connectivity index (χ0v) is 10.3. The first-order valence-electron chi connectivity index (χ1n) is 3.65. The number of nitrogen functional groups attached to an aromatic ring is 1. The van der Waals surface area contributed by atoms with Crippen molar-refractivity contribution in [1.29, 1.82) is 0 Å². The lowest BCUT2D eigenvalue weighted by Gasteiger charge is -2.09. The normalized spacial score (nSPS) is 11.7. The number of hydrogen-bond acceptors (Lipinski definition) is 5. The fourth-order valence-electron chi connectivity index (χ4n) is 0.693. The van der Waals surface area contributed by atoms with Crippen LogP contribution in [0.25, 0.3) is 0 Å². The summed E-state index contributed by atoms with van der Waals surface area (Å²) < 4.78 is -1.67.